The van der Waals surface area contributed by atoms with E-state index in [1.165, 1.54) is 0 Å². The summed E-state index contributed by atoms with van der Waals surface area (Å²) in [4.78, 5) is 11.7. The molecule has 1 heterocycles. The Bertz CT molecular complexity index is 550. The SMILES string of the molecule is Cn1nccc1CNCC(=O)Nc1ccc(Br)cc1. The summed E-state index contributed by atoms with van der Waals surface area (Å²) in [6, 6.07) is 9.39. The number of carbonyl (C=O) groups is 1. The normalized spacial score (nSPS) is 10.4. The van der Waals surface area contributed by atoms with Crippen molar-refractivity contribution < 1.29 is 4.79 Å². The second-order valence-electron chi connectivity index (χ2n) is 4.10. The highest BCUT2D eigenvalue weighted by Gasteiger charge is 2.03. The van der Waals surface area contributed by atoms with Crippen molar-refractivity contribution in [2.45, 2.75) is 6.54 Å². The van der Waals surface area contributed by atoms with E-state index in [4.69, 9.17) is 0 Å². The third-order valence-electron chi connectivity index (χ3n) is 2.64. The second-order valence-corrected chi connectivity index (χ2v) is 5.02. The number of halogens is 1. The molecule has 0 aliphatic heterocycles. The predicted octanol–water partition coefficient (Wildman–Crippen LogP) is 1.91. The smallest absolute Gasteiger partial charge is 0.238 e. The van der Waals surface area contributed by atoms with E-state index in [0.29, 0.717) is 6.54 Å². The molecule has 19 heavy (non-hydrogen) atoms. The number of hydrogen-bond acceptors (Lipinski definition) is 3. The Kier molecular flexibility index (Phi) is 4.70. The van der Waals surface area contributed by atoms with Crippen LogP contribution < -0.4 is 10.6 Å². The molecule has 6 heteroatoms. The number of amides is 1. The van der Waals surface area contributed by atoms with Crippen molar-refractivity contribution in [1.82, 2.24) is 15.1 Å². The highest BCUT2D eigenvalue weighted by molar-refractivity contribution is 9.10. The van der Waals surface area contributed by atoms with Gasteiger partial charge in [-0.25, -0.2) is 0 Å². The number of carbonyl (C=O) groups excluding carboxylic acids is 1. The molecule has 2 N–H and O–H groups in total. The van der Waals surface area contributed by atoms with Gasteiger partial charge < -0.3 is 10.6 Å². The summed E-state index contributed by atoms with van der Waals surface area (Å²) < 4.78 is 2.76. The van der Waals surface area contributed by atoms with Crippen LogP contribution in [0.2, 0.25) is 0 Å². The van der Waals surface area contributed by atoms with Crippen LogP contribution in [0.15, 0.2) is 41.0 Å². The number of nitrogens with zero attached hydrogens (tertiary/aromatic N) is 2. The van der Waals surface area contributed by atoms with E-state index in [-0.39, 0.29) is 12.5 Å². The lowest BCUT2D eigenvalue weighted by Crippen LogP contribution is -2.28. The van der Waals surface area contributed by atoms with E-state index < -0.39 is 0 Å². The Hall–Kier alpha value is -1.66. The molecule has 100 valence electrons. The molecule has 2 aromatic rings. The van der Waals surface area contributed by atoms with Crippen molar-refractivity contribution >= 4 is 27.5 Å². The highest BCUT2D eigenvalue weighted by atomic mass is 79.9. The fourth-order valence-corrected chi connectivity index (χ4v) is 1.88. The van der Waals surface area contributed by atoms with E-state index in [0.717, 1.165) is 15.9 Å². The van der Waals surface area contributed by atoms with Crippen molar-refractivity contribution in [3.63, 3.8) is 0 Å². The molecule has 0 saturated carbocycles. The Labute approximate surface area is 120 Å². The Morgan fingerprint density at radius 2 is 2.05 bits per heavy atom. The van der Waals surface area contributed by atoms with Gasteiger partial charge in [-0.05, 0) is 30.3 Å². The van der Waals surface area contributed by atoms with Crippen LogP contribution in [0.1, 0.15) is 5.69 Å². The van der Waals surface area contributed by atoms with Crippen LogP contribution in [-0.2, 0) is 18.4 Å². The van der Waals surface area contributed by atoms with Crippen LogP contribution in [0.3, 0.4) is 0 Å². The van der Waals surface area contributed by atoms with Gasteiger partial charge in [0.2, 0.25) is 5.91 Å². The standard InChI is InChI=1S/C13H15BrN4O/c1-18-12(6-7-16-18)8-15-9-13(19)17-11-4-2-10(14)3-5-11/h2-7,15H,8-9H2,1H3,(H,17,19). The van der Waals surface area contributed by atoms with Gasteiger partial charge in [0.05, 0.1) is 12.2 Å². The lowest BCUT2D eigenvalue weighted by Gasteiger charge is -2.07. The van der Waals surface area contributed by atoms with Gasteiger partial charge >= 0.3 is 0 Å². The number of anilines is 1. The first-order valence-electron chi connectivity index (χ1n) is 5.88. The van der Waals surface area contributed by atoms with Crippen LogP contribution in [-0.4, -0.2) is 22.2 Å². The third kappa shape index (κ3) is 4.18. The lowest BCUT2D eigenvalue weighted by molar-refractivity contribution is -0.115. The van der Waals surface area contributed by atoms with Crippen LogP contribution in [0.5, 0.6) is 0 Å². The van der Waals surface area contributed by atoms with Gasteiger partial charge in [0.15, 0.2) is 0 Å². The quantitative estimate of drug-likeness (QED) is 0.884. The Balaban J connectivity index is 1.76. The number of aryl methyl sites for hydroxylation is 1. The molecule has 1 aromatic carbocycles. The van der Waals surface area contributed by atoms with Gasteiger partial charge in [0, 0.05) is 29.9 Å². The Morgan fingerprint density at radius 1 is 1.32 bits per heavy atom. The van der Waals surface area contributed by atoms with E-state index in [1.807, 2.05) is 37.4 Å². The number of nitrogens with one attached hydrogen (secondary N) is 2. The first-order chi connectivity index (χ1) is 9.15. The van der Waals surface area contributed by atoms with Crippen LogP contribution in [0.25, 0.3) is 0 Å². The molecule has 5 nitrogen and oxygen atoms in total. The summed E-state index contributed by atoms with van der Waals surface area (Å²) >= 11 is 3.35. The predicted molar refractivity (Wildman–Crippen MR) is 77.7 cm³/mol. The molecule has 0 bridgehead atoms. The largest absolute Gasteiger partial charge is 0.325 e. The van der Waals surface area contributed by atoms with Gasteiger partial charge in [0.1, 0.15) is 0 Å². The molecule has 0 aliphatic carbocycles. The number of benzene rings is 1. The monoisotopic (exact) mass is 322 g/mol. The van der Waals surface area contributed by atoms with Gasteiger partial charge in [-0.3, -0.25) is 9.48 Å². The van der Waals surface area contributed by atoms with Gasteiger partial charge in [0.25, 0.3) is 0 Å². The van der Waals surface area contributed by atoms with E-state index >= 15 is 0 Å². The molecule has 0 aliphatic rings. The van der Waals surface area contributed by atoms with Crippen LogP contribution in [0.4, 0.5) is 5.69 Å². The van der Waals surface area contributed by atoms with E-state index in [2.05, 4.69) is 31.7 Å². The molecule has 2 rings (SSSR count). The minimum atomic E-state index is -0.0653. The average Bonchev–Trinajstić information content (AvgIpc) is 2.78. The van der Waals surface area contributed by atoms with Crippen LogP contribution in [0, 0.1) is 0 Å². The zero-order valence-corrected chi connectivity index (χ0v) is 12.1. The topological polar surface area (TPSA) is 59.0 Å². The van der Waals surface area contributed by atoms with Crippen LogP contribution >= 0.6 is 15.9 Å². The number of hydrogen-bond donors (Lipinski definition) is 2. The molecule has 1 amide bonds. The molecule has 0 fully saturated rings. The second kappa shape index (κ2) is 6.49. The summed E-state index contributed by atoms with van der Waals surface area (Å²) in [6.45, 7) is 0.880. The zero-order chi connectivity index (χ0) is 13.7. The zero-order valence-electron chi connectivity index (χ0n) is 10.6. The molecule has 0 unspecified atom stereocenters. The minimum absolute atomic E-state index is 0.0653. The number of aromatic nitrogens is 2. The summed E-state index contributed by atoms with van der Waals surface area (Å²) in [6.07, 6.45) is 1.74. The first-order valence-corrected chi connectivity index (χ1v) is 6.67. The molecule has 0 atom stereocenters. The molecule has 0 saturated heterocycles. The maximum absolute atomic E-state index is 11.7. The van der Waals surface area contributed by atoms with Crippen molar-refractivity contribution in [2.75, 3.05) is 11.9 Å². The summed E-state index contributed by atoms with van der Waals surface area (Å²) in [5.74, 6) is -0.0653. The van der Waals surface area contributed by atoms with E-state index in [1.54, 1.807) is 10.9 Å². The lowest BCUT2D eigenvalue weighted by atomic mass is 10.3. The third-order valence-corrected chi connectivity index (χ3v) is 3.17. The Morgan fingerprint density at radius 3 is 2.68 bits per heavy atom. The van der Waals surface area contributed by atoms with Crippen molar-refractivity contribution in [3.8, 4) is 0 Å². The molecule has 1 aromatic heterocycles. The summed E-state index contributed by atoms with van der Waals surface area (Å²) in [5.41, 5.74) is 1.83. The highest BCUT2D eigenvalue weighted by Crippen LogP contribution is 2.13. The summed E-state index contributed by atoms with van der Waals surface area (Å²) in [7, 11) is 1.87. The summed E-state index contributed by atoms with van der Waals surface area (Å²) in [5, 5.41) is 9.96. The fourth-order valence-electron chi connectivity index (χ4n) is 1.62. The number of rotatable bonds is 5. The average molecular weight is 323 g/mol. The van der Waals surface area contributed by atoms with Gasteiger partial charge in [-0.1, -0.05) is 15.9 Å². The minimum Gasteiger partial charge on any atom is -0.325 e. The first kappa shape index (κ1) is 13.8. The molecule has 0 radical (unpaired) electrons. The van der Waals surface area contributed by atoms with Gasteiger partial charge in [-0.2, -0.15) is 5.10 Å². The maximum atomic E-state index is 11.7. The molecular formula is C13H15BrN4O. The van der Waals surface area contributed by atoms with Gasteiger partial charge in [-0.15, -0.1) is 0 Å². The molecular weight excluding hydrogens is 308 g/mol. The molecule has 0 spiro atoms. The van der Waals surface area contributed by atoms with Crippen molar-refractivity contribution in [3.05, 3.63) is 46.7 Å². The van der Waals surface area contributed by atoms with Crippen molar-refractivity contribution in [1.29, 1.82) is 0 Å². The van der Waals surface area contributed by atoms with Crippen molar-refractivity contribution in [2.24, 2.45) is 7.05 Å². The van der Waals surface area contributed by atoms with E-state index in [9.17, 15) is 4.79 Å². The fraction of sp³-hybridized carbons (Fsp3) is 0.231. The maximum Gasteiger partial charge on any atom is 0.238 e.